The average molecular weight is 250 g/mol. The van der Waals surface area contributed by atoms with Crippen LogP contribution in [-0.4, -0.2) is 51.2 Å². The van der Waals surface area contributed by atoms with Gasteiger partial charge in [-0.25, -0.2) is 0 Å². The Balaban J connectivity index is 2.18. The predicted molar refractivity (Wildman–Crippen MR) is 68.3 cm³/mol. The van der Waals surface area contributed by atoms with Gasteiger partial charge < -0.3 is 19.7 Å². The summed E-state index contributed by atoms with van der Waals surface area (Å²) in [6.07, 6.45) is 0. The summed E-state index contributed by atoms with van der Waals surface area (Å²) in [6.45, 7) is 2.46. The first kappa shape index (κ1) is 12.7. The van der Waals surface area contributed by atoms with E-state index in [9.17, 15) is 4.79 Å². The van der Waals surface area contributed by atoms with Crippen molar-refractivity contribution in [3.8, 4) is 11.5 Å². The maximum Gasteiger partial charge on any atom is 0.257 e. The second-order valence-corrected chi connectivity index (χ2v) is 4.19. The molecule has 0 aromatic heterocycles. The highest BCUT2D eigenvalue weighted by Gasteiger charge is 2.21. The molecule has 0 aliphatic carbocycles. The molecular weight excluding hydrogens is 232 g/mol. The van der Waals surface area contributed by atoms with Crippen LogP contribution in [0.1, 0.15) is 10.4 Å². The van der Waals surface area contributed by atoms with Gasteiger partial charge in [-0.2, -0.15) is 0 Å². The third-order valence-corrected chi connectivity index (χ3v) is 2.83. The van der Waals surface area contributed by atoms with Crippen molar-refractivity contribution >= 4 is 5.91 Å². The Morgan fingerprint density at radius 3 is 3.11 bits per heavy atom. The van der Waals surface area contributed by atoms with E-state index >= 15 is 0 Å². The summed E-state index contributed by atoms with van der Waals surface area (Å²) in [5, 5.41) is 3.00. The Hall–Kier alpha value is -1.75. The minimum absolute atomic E-state index is 0.0263. The fourth-order valence-corrected chi connectivity index (χ4v) is 1.76. The van der Waals surface area contributed by atoms with E-state index in [4.69, 9.17) is 9.47 Å². The van der Waals surface area contributed by atoms with E-state index in [-0.39, 0.29) is 5.91 Å². The molecule has 5 nitrogen and oxygen atoms in total. The van der Waals surface area contributed by atoms with Crippen molar-refractivity contribution in [3.63, 3.8) is 0 Å². The fourth-order valence-electron chi connectivity index (χ4n) is 1.76. The molecule has 1 aromatic carbocycles. The summed E-state index contributed by atoms with van der Waals surface area (Å²) in [5.74, 6) is 1.29. The van der Waals surface area contributed by atoms with Crippen molar-refractivity contribution in [3.05, 3.63) is 23.8 Å². The lowest BCUT2D eigenvalue weighted by atomic mass is 10.1. The number of nitrogens with one attached hydrogen (secondary N) is 1. The molecule has 0 saturated heterocycles. The number of nitrogens with zero attached hydrogens (tertiary/aromatic N) is 1. The maximum atomic E-state index is 12.1. The Kier molecular flexibility index (Phi) is 4.04. The Morgan fingerprint density at radius 1 is 1.50 bits per heavy atom. The molecule has 0 fully saturated rings. The fraction of sp³-hybridized carbons (Fsp3) is 0.462. The van der Waals surface area contributed by atoms with E-state index in [1.54, 1.807) is 24.1 Å². The molecule has 1 aromatic rings. The standard InChI is InChI=1S/C13H18N2O3/c1-14-5-7-17-10-3-4-12-11(9-10)13(16)15(2)6-8-18-12/h3-4,9,14H,5-8H2,1-2H3. The Morgan fingerprint density at radius 2 is 2.33 bits per heavy atom. The predicted octanol–water partition coefficient (Wildman–Crippen LogP) is 0.749. The molecule has 0 bridgehead atoms. The van der Waals surface area contributed by atoms with Crippen molar-refractivity contribution < 1.29 is 14.3 Å². The lowest BCUT2D eigenvalue weighted by Gasteiger charge is -2.13. The van der Waals surface area contributed by atoms with Gasteiger partial charge in [-0.15, -0.1) is 0 Å². The second-order valence-electron chi connectivity index (χ2n) is 4.19. The van der Waals surface area contributed by atoms with Gasteiger partial charge >= 0.3 is 0 Å². The van der Waals surface area contributed by atoms with Crippen LogP contribution in [0.2, 0.25) is 0 Å². The minimum Gasteiger partial charge on any atom is -0.492 e. The van der Waals surface area contributed by atoms with Gasteiger partial charge in [-0.3, -0.25) is 4.79 Å². The molecule has 0 atom stereocenters. The molecule has 5 heteroatoms. The largest absolute Gasteiger partial charge is 0.492 e. The van der Waals surface area contributed by atoms with E-state index in [2.05, 4.69) is 5.32 Å². The van der Waals surface area contributed by atoms with Crippen LogP contribution in [0.25, 0.3) is 0 Å². The molecule has 0 spiro atoms. The van der Waals surface area contributed by atoms with Gasteiger partial charge in [0, 0.05) is 13.6 Å². The monoisotopic (exact) mass is 250 g/mol. The van der Waals surface area contributed by atoms with E-state index in [1.807, 2.05) is 13.1 Å². The first-order valence-corrected chi connectivity index (χ1v) is 6.02. The molecule has 18 heavy (non-hydrogen) atoms. The second kappa shape index (κ2) is 5.73. The first-order valence-electron chi connectivity index (χ1n) is 6.02. The molecular formula is C13H18N2O3. The van der Waals surface area contributed by atoms with Gasteiger partial charge in [0.25, 0.3) is 5.91 Å². The van der Waals surface area contributed by atoms with E-state index < -0.39 is 0 Å². The third kappa shape index (κ3) is 2.73. The van der Waals surface area contributed by atoms with Crippen molar-refractivity contribution in [2.45, 2.75) is 0 Å². The number of hydrogen-bond acceptors (Lipinski definition) is 4. The Bertz CT molecular complexity index is 434. The molecule has 1 aliphatic heterocycles. The van der Waals surface area contributed by atoms with Crippen LogP contribution < -0.4 is 14.8 Å². The van der Waals surface area contributed by atoms with Crippen molar-refractivity contribution in [1.29, 1.82) is 0 Å². The number of amides is 1. The zero-order valence-electron chi connectivity index (χ0n) is 10.7. The molecule has 1 amide bonds. The van der Waals surface area contributed by atoms with Gasteiger partial charge in [-0.1, -0.05) is 0 Å². The number of benzene rings is 1. The molecule has 0 unspecified atom stereocenters. The Labute approximate surface area is 107 Å². The highest BCUT2D eigenvalue weighted by Crippen LogP contribution is 2.27. The number of carbonyl (C=O) groups is 1. The molecule has 1 aliphatic rings. The van der Waals surface area contributed by atoms with Crippen LogP contribution in [0, 0.1) is 0 Å². The zero-order valence-corrected chi connectivity index (χ0v) is 10.7. The van der Waals surface area contributed by atoms with Crippen LogP contribution in [0.15, 0.2) is 18.2 Å². The van der Waals surface area contributed by atoms with E-state index in [0.717, 1.165) is 6.54 Å². The topological polar surface area (TPSA) is 50.8 Å². The first-order chi connectivity index (χ1) is 8.72. The number of ether oxygens (including phenoxy) is 2. The van der Waals surface area contributed by atoms with Gasteiger partial charge in [0.15, 0.2) is 0 Å². The van der Waals surface area contributed by atoms with Crippen LogP contribution >= 0.6 is 0 Å². The average Bonchev–Trinajstić information content (AvgIpc) is 2.51. The summed E-state index contributed by atoms with van der Waals surface area (Å²) in [7, 11) is 3.64. The number of carbonyl (C=O) groups excluding carboxylic acids is 1. The van der Waals surface area contributed by atoms with E-state index in [0.29, 0.717) is 36.8 Å². The van der Waals surface area contributed by atoms with Gasteiger partial charge in [0.2, 0.25) is 0 Å². The zero-order chi connectivity index (χ0) is 13.0. The van der Waals surface area contributed by atoms with E-state index in [1.165, 1.54) is 0 Å². The lowest BCUT2D eigenvalue weighted by Crippen LogP contribution is -2.27. The van der Waals surface area contributed by atoms with Crippen LogP contribution in [0.5, 0.6) is 11.5 Å². The van der Waals surface area contributed by atoms with Crippen LogP contribution in [-0.2, 0) is 0 Å². The van der Waals surface area contributed by atoms with Crippen molar-refractivity contribution in [1.82, 2.24) is 10.2 Å². The van der Waals surface area contributed by atoms with Gasteiger partial charge in [-0.05, 0) is 25.2 Å². The number of hydrogen-bond donors (Lipinski definition) is 1. The van der Waals surface area contributed by atoms with Crippen LogP contribution in [0.3, 0.4) is 0 Å². The number of rotatable bonds is 4. The molecule has 0 saturated carbocycles. The SMILES string of the molecule is CNCCOc1ccc2c(c1)C(=O)N(C)CCO2. The summed E-state index contributed by atoms with van der Waals surface area (Å²) in [6, 6.07) is 5.36. The number of likely N-dealkylation sites (N-methyl/N-ethyl adjacent to an activating group) is 2. The highest BCUT2D eigenvalue weighted by molar-refractivity contribution is 5.97. The normalized spacial score (nSPS) is 14.8. The minimum atomic E-state index is -0.0263. The van der Waals surface area contributed by atoms with Crippen LogP contribution in [0.4, 0.5) is 0 Å². The quantitative estimate of drug-likeness (QED) is 0.801. The molecule has 1 heterocycles. The summed E-state index contributed by atoms with van der Waals surface area (Å²) >= 11 is 0. The highest BCUT2D eigenvalue weighted by atomic mass is 16.5. The third-order valence-electron chi connectivity index (χ3n) is 2.83. The number of fused-ring (bicyclic) bond motifs is 1. The molecule has 98 valence electrons. The van der Waals surface area contributed by atoms with Crippen molar-refractivity contribution in [2.75, 3.05) is 40.4 Å². The lowest BCUT2D eigenvalue weighted by molar-refractivity contribution is 0.0796. The molecule has 1 N–H and O–H groups in total. The summed E-state index contributed by atoms with van der Waals surface area (Å²) in [4.78, 5) is 13.8. The van der Waals surface area contributed by atoms with Gasteiger partial charge in [0.05, 0.1) is 12.1 Å². The smallest absolute Gasteiger partial charge is 0.257 e. The molecule has 0 radical (unpaired) electrons. The van der Waals surface area contributed by atoms with Gasteiger partial charge in [0.1, 0.15) is 24.7 Å². The summed E-state index contributed by atoms with van der Waals surface area (Å²) in [5.41, 5.74) is 0.567. The van der Waals surface area contributed by atoms with Crippen molar-refractivity contribution in [2.24, 2.45) is 0 Å². The maximum absolute atomic E-state index is 12.1. The molecule has 2 rings (SSSR count). The summed E-state index contributed by atoms with van der Waals surface area (Å²) < 4.78 is 11.1.